The molecule has 7 nitrogen and oxygen atoms in total. The van der Waals surface area contributed by atoms with E-state index in [0.717, 1.165) is 28.0 Å². The van der Waals surface area contributed by atoms with Gasteiger partial charge in [-0.2, -0.15) is 4.98 Å². The van der Waals surface area contributed by atoms with Crippen LogP contribution < -0.4 is 10.6 Å². The molecule has 1 unspecified atom stereocenters. The number of hydrogen-bond acceptors (Lipinski definition) is 7. The van der Waals surface area contributed by atoms with E-state index in [9.17, 15) is 0 Å². The normalized spacial score (nSPS) is 16.6. The van der Waals surface area contributed by atoms with E-state index in [4.69, 9.17) is 33.4 Å². The Morgan fingerprint density at radius 1 is 1.27 bits per heavy atom. The van der Waals surface area contributed by atoms with Crippen molar-refractivity contribution < 1.29 is 4.43 Å². The van der Waals surface area contributed by atoms with Crippen molar-refractivity contribution in [1.29, 1.82) is 0 Å². The molecule has 0 aromatic carbocycles. The summed E-state index contributed by atoms with van der Waals surface area (Å²) in [7, 11) is -1.92. The summed E-state index contributed by atoms with van der Waals surface area (Å²) < 4.78 is 8.54. The van der Waals surface area contributed by atoms with Crippen molar-refractivity contribution in [2.75, 3.05) is 30.0 Å². The molecule has 0 spiro atoms. The summed E-state index contributed by atoms with van der Waals surface area (Å²) in [5, 5.41) is 2.14. The van der Waals surface area contributed by atoms with E-state index in [1.165, 1.54) is 0 Å². The van der Waals surface area contributed by atoms with Gasteiger partial charge in [-0.1, -0.05) is 44.0 Å². The number of pyridine rings is 1. The molecule has 3 aromatic heterocycles. The second-order valence-electron chi connectivity index (χ2n) is 9.92. The van der Waals surface area contributed by atoms with Crippen LogP contribution in [0.3, 0.4) is 0 Å². The molecular formula is C22H30Cl2N6OSSi. The predicted octanol–water partition coefficient (Wildman–Crippen LogP) is 5.97. The summed E-state index contributed by atoms with van der Waals surface area (Å²) >= 11 is 14.9. The minimum Gasteiger partial charge on any atom is -0.416 e. The quantitative estimate of drug-likeness (QED) is 0.314. The molecular weight excluding hydrogens is 495 g/mol. The van der Waals surface area contributed by atoms with Crippen molar-refractivity contribution in [3.63, 3.8) is 0 Å². The second-order valence-corrected chi connectivity index (χ2v) is 16.2. The number of halogens is 2. The van der Waals surface area contributed by atoms with Gasteiger partial charge in [-0.15, -0.1) is 0 Å². The number of nitrogens with two attached hydrogens (primary N) is 1. The van der Waals surface area contributed by atoms with Crippen LogP contribution in [0.15, 0.2) is 18.5 Å². The molecule has 11 heteroatoms. The van der Waals surface area contributed by atoms with Crippen LogP contribution in [0.2, 0.25) is 28.3 Å². The lowest BCUT2D eigenvalue weighted by Gasteiger charge is -2.37. The number of rotatable bonds is 6. The van der Waals surface area contributed by atoms with E-state index >= 15 is 0 Å². The average molecular weight is 526 g/mol. The maximum atomic E-state index is 6.80. The molecule has 0 saturated carbocycles. The van der Waals surface area contributed by atoms with Crippen molar-refractivity contribution >= 4 is 66.3 Å². The molecule has 0 radical (unpaired) electrons. The molecule has 1 atom stereocenters. The van der Waals surface area contributed by atoms with Gasteiger partial charge in [0.1, 0.15) is 11.0 Å². The largest absolute Gasteiger partial charge is 0.416 e. The average Bonchev–Trinajstić information content (AvgIpc) is 3.29. The van der Waals surface area contributed by atoms with Crippen molar-refractivity contribution in [3.8, 4) is 0 Å². The summed E-state index contributed by atoms with van der Waals surface area (Å²) in [6.45, 7) is 13.0. The van der Waals surface area contributed by atoms with Crippen LogP contribution >= 0.6 is 35.1 Å². The second kappa shape index (κ2) is 8.92. The summed E-state index contributed by atoms with van der Waals surface area (Å²) in [5.41, 5.74) is 8.63. The highest BCUT2D eigenvalue weighted by atomic mass is 35.5. The van der Waals surface area contributed by atoms with Gasteiger partial charge in [-0.05, 0) is 36.1 Å². The Labute approximate surface area is 210 Å². The number of hydrogen-bond donors (Lipinski definition) is 1. The van der Waals surface area contributed by atoms with E-state index in [2.05, 4.69) is 53.7 Å². The van der Waals surface area contributed by atoms with Gasteiger partial charge in [-0.25, -0.2) is 9.97 Å². The number of nitrogen functional groups attached to an aromatic ring is 1. The van der Waals surface area contributed by atoms with Gasteiger partial charge in [0.2, 0.25) is 5.95 Å². The maximum absolute atomic E-state index is 6.80. The lowest BCUT2D eigenvalue weighted by Crippen LogP contribution is -2.42. The van der Waals surface area contributed by atoms with Gasteiger partial charge >= 0.3 is 0 Å². The van der Waals surface area contributed by atoms with E-state index in [1.54, 1.807) is 11.9 Å². The fraction of sp³-hybridized carbons (Fsp3) is 0.500. The van der Waals surface area contributed by atoms with Crippen molar-refractivity contribution in [3.05, 3.63) is 39.8 Å². The third kappa shape index (κ3) is 4.58. The lowest BCUT2D eigenvalue weighted by molar-refractivity contribution is 0.267. The van der Waals surface area contributed by atoms with Gasteiger partial charge in [0, 0.05) is 60.8 Å². The summed E-state index contributed by atoms with van der Waals surface area (Å²) in [5.74, 6) is 0.955. The lowest BCUT2D eigenvalue weighted by atomic mass is 10.1. The van der Waals surface area contributed by atoms with E-state index in [-0.39, 0.29) is 16.9 Å². The van der Waals surface area contributed by atoms with Gasteiger partial charge in [0.15, 0.2) is 14.0 Å². The Bertz CT molecular complexity index is 1200. The molecule has 4 heterocycles. The van der Waals surface area contributed by atoms with Crippen molar-refractivity contribution in [2.45, 2.75) is 51.4 Å². The van der Waals surface area contributed by atoms with E-state index in [1.807, 2.05) is 28.7 Å². The highest BCUT2D eigenvalue weighted by Gasteiger charge is 2.40. The number of aromatic nitrogens is 4. The van der Waals surface area contributed by atoms with Crippen LogP contribution in [0.25, 0.3) is 11.0 Å². The molecule has 0 bridgehead atoms. The Morgan fingerprint density at radius 2 is 2.00 bits per heavy atom. The molecule has 4 rings (SSSR count). The SMILES string of the molecule is CSn1ccc2c(Cl)c(CN3CC(CO[Si](C)(C)C(C)(C)C)c4c(Cl)nc(N)nc43)cnc21. The van der Waals surface area contributed by atoms with Crippen molar-refractivity contribution in [1.82, 2.24) is 18.9 Å². The third-order valence-corrected chi connectivity index (χ3v) is 12.7. The first-order valence-corrected chi connectivity index (χ1v) is 15.7. The molecule has 33 heavy (non-hydrogen) atoms. The predicted molar refractivity (Wildman–Crippen MR) is 142 cm³/mol. The molecule has 0 fully saturated rings. The van der Waals surface area contributed by atoms with Crippen LogP contribution in [0.4, 0.5) is 11.8 Å². The Morgan fingerprint density at radius 3 is 2.67 bits per heavy atom. The summed E-state index contributed by atoms with van der Waals surface area (Å²) in [6, 6.07) is 2.00. The molecule has 3 aromatic rings. The zero-order valence-electron chi connectivity index (χ0n) is 19.8. The zero-order valence-corrected chi connectivity index (χ0v) is 23.1. The van der Waals surface area contributed by atoms with Gasteiger partial charge < -0.3 is 15.1 Å². The van der Waals surface area contributed by atoms with Crippen LogP contribution in [-0.2, 0) is 11.0 Å². The summed E-state index contributed by atoms with van der Waals surface area (Å²) in [6.07, 6.45) is 5.82. The maximum Gasteiger partial charge on any atom is 0.223 e. The Hall–Kier alpha value is -1.52. The van der Waals surface area contributed by atoms with E-state index in [0.29, 0.717) is 29.9 Å². The zero-order chi connectivity index (χ0) is 24.1. The highest BCUT2D eigenvalue weighted by Crippen LogP contribution is 2.43. The fourth-order valence-electron chi connectivity index (χ4n) is 3.82. The number of nitrogens with zero attached hydrogens (tertiary/aromatic N) is 5. The molecule has 0 aliphatic carbocycles. The van der Waals surface area contributed by atoms with Gasteiger partial charge in [0.25, 0.3) is 0 Å². The molecule has 0 saturated heterocycles. The van der Waals surface area contributed by atoms with Crippen LogP contribution in [-0.4, -0.2) is 46.6 Å². The standard InChI is InChI=1S/C22H30Cl2N6OSSi/c1-22(2,3)33(5,6)31-12-14-11-29(20-16(14)18(24)27-21(25)28-20)10-13-9-26-19-15(17(13)23)7-8-30(19)32-4/h7-9,14H,10-12H2,1-6H3,(H2,25,27,28). The fourth-order valence-corrected chi connectivity index (χ4v) is 5.95. The Balaban J connectivity index is 1.64. The van der Waals surface area contributed by atoms with Crippen LogP contribution in [0, 0.1) is 0 Å². The monoisotopic (exact) mass is 524 g/mol. The molecule has 1 aliphatic heterocycles. The summed E-state index contributed by atoms with van der Waals surface area (Å²) in [4.78, 5) is 15.6. The number of fused-ring (bicyclic) bond motifs is 2. The molecule has 1 aliphatic rings. The van der Waals surface area contributed by atoms with Crippen LogP contribution in [0.5, 0.6) is 0 Å². The molecule has 2 N–H and O–H groups in total. The third-order valence-electron chi connectivity index (χ3n) is 6.74. The Kier molecular flexibility index (Phi) is 6.65. The first-order valence-electron chi connectivity index (χ1n) is 10.8. The van der Waals surface area contributed by atoms with Gasteiger partial charge in [0.05, 0.1) is 5.02 Å². The van der Waals surface area contributed by atoms with Crippen LogP contribution in [0.1, 0.15) is 37.8 Å². The minimum absolute atomic E-state index is 0.0512. The first-order chi connectivity index (χ1) is 15.4. The number of anilines is 2. The smallest absolute Gasteiger partial charge is 0.223 e. The minimum atomic E-state index is -1.92. The molecule has 0 amide bonds. The highest BCUT2D eigenvalue weighted by molar-refractivity contribution is 7.97. The van der Waals surface area contributed by atoms with Crippen molar-refractivity contribution in [2.24, 2.45) is 0 Å². The topological polar surface area (TPSA) is 82.1 Å². The van der Waals surface area contributed by atoms with E-state index < -0.39 is 8.32 Å². The first kappa shape index (κ1) is 24.6. The van der Waals surface area contributed by atoms with Gasteiger partial charge in [-0.3, -0.25) is 3.97 Å². The molecule has 178 valence electrons.